The first-order chi connectivity index (χ1) is 11.8. The number of sulfonamides is 1. The lowest BCUT2D eigenvalue weighted by Gasteiger charge is -2.14. The second kappa shape index (κ2) is 7.71. The van der Waals surface area contributed by atoms with Gasteiger partial charge in [0.1, 0.15) is 16.4 Å². The number of pyridine rings is 1. The molecule has 1 N–H and O–H groups in total. The predicted molar refractivity (Wildman–Crippen MR) is 94.9 cm³/mol. The Hall–Kier alpha value is -2.32. The Labute approximate surface area is 147 Å². The molecule has 0 unspecified atom stereocenters. The van der Waals surface area contributed by atoms with Crippen molar-refractivity contribution in [2.45, 2.75) is 25.3 Å². The number of benzene rings is 1. The van der Waals surface area contributed by atoms with Gasteiger partial charge in [-0.2, -0.15) is 0 Å². The van der Waals surface area contributed by atoms with E-state index in [-0.39, 0.29) is 29.3 Å². The van der Waals surface area contributed by atoms with E-state index in [4.69, 9.17) is 9.47 Å². The van der Waals surface area contributed by atoms with Crippen LogP contribution in [0.3, 0.4) is 0 Å². The highest BCUT2D eigenvalue weighted by Crippen LogP contribution is 2.24. The summed E-state index contributed by atoms with van der Waals surface area (Å²) in [6, 6.07) is 8.02. The number of ether oxygens (including phenoxy) is 2. The Morgan fingerprint density at radius 3 is 2.40 bits per heavy atom. The molecule has 0 saturated heterocycles. The van der Waals surface area contributed by atoms with E-state index < -0.39 is 10.0 Å². The minimum absolute atomic E-state index is 0.0759. The first-order valence-electron chi connectivity index (χ1n) is 7.68. The summed E-state index contributed by atoms with van der Waals surface area (Å²) in [6.45, 7) is 3.86. The molecule has 2 rings (SSSR count). The minimum Gasteiger partial charge on any atom is -0.496 e. The molecule has 0 aliphatic rings. The van der Waals surface area contributed by atoms with Gasteiger partial charge in [-0.3, -0.25) is 4.79 Å². The second-order valence-electron chi connectivity index (χ2n) is 5.58. The molecule has 0 amide bonds. The van der Waals surface area contributed by atoms with E-state index in [1.165, 1.54) is 24.9 Å². The Balaban J connectivity index is 2.17. The van der Waals surface area contributed by atoms with Crippen LogP contribution in [0.1, 0.15) is 11.3 Å². The number of hydrogen-bond acceptors (Lipinski definition) is 5. The van der Waals surface area contributed by atoms with Gasteiger partial charge in [-0.1, -0.05) is 6.07 Å². The first kappa shape index (κ1) is 19.0. The zero-order chi connectivity index (χ0) is 18.6. The molecule has 0 aliphatic carbocycles. The molecular formula is C17H22N2O5S. The van der Waals surface area contributed by atoms with Crippen molar-refractivity contribution >= 4 is 10.0 Å². The summed E-state index contributed by atoms with van der Waals surface area (Å²) in [4.78, 5) is 12.2. The fourth-order valence-electron chi connectivity index (χ4n) is 2.47. The molecular weight excluding hydrogens is 344 g/mol. The molecule has 136 valence electrons. The molecule has 25 heavy (non-hydrogen) atoms. The van der Waals surface area contributed by atoms with Gasteiger partial charge in [-0.05, 0) is 37.6 Å². The zero-order valence-electron chi connectivity index (χ0n) is 14.7. The Morgan fingerprint density at radius 1 is 1.08 bits per heavy atom. The fourth-order valence-corrected chi connectivity index (χ4v) is 3.74. The summed E-state index contributed by atoms with van der Waals surface area (Å²) in [7, 11) is -0.841. The van der Waals surface area contributed by atoms with Gasteiger partial charge in [0.2, 0.25) is 10.0 Å². The lowest BCUT2D eigenvalue weighted by molar-refractivity contribution is 0.402. The van der Waals surface area contributed by atoms with E-state index in [0.717, 1.165) is 5.56 Å². The van der Waals surface area contributed by atoms with Crippen LogP contribution < -0.4 is 19.8 Å². The molecule has 0 fully saturated rings. The molecule has 0 bridgehead atoms. The average Bonchev–Trinajstić information content (AvgIpc) is 2.57. The molecule has 0 aliphatic heterocycles. The van der Waals surface area contributed by atoms with Crippen LogP contribution in [-0.4, -0.2) is 33.7 Å². The molecule has 7 nitrogen and oxygen atoms in total. The summed E-state index contributed by atoms with van der Waals surface area (Å²) >= 11 is 0. The van der Waals surface area contributed by atoms with Crippen molar-refractivity contribution in [3.63, 3.8) is 0 Å². The standard InChI is InChI=1S/C17H22N2O5S/c1-12-5-6-15(24-4)16(9-12)25(21,22)18-7-8-19-13(2)10-14(23-3)11-17(19)20/h5-6,9-11,18H,7-8H2,1-4H3. The van der Waals surface area contributed by atoms with Crippen molar-refractivity contribution in [2.24, 2.45) is 0 Å². The Morgan fingerprint density at radius 2 is 1.80 bits per heavy atom. The van der Waals surface area contributed by atoms with Crippen LogP contribution >= 0.6 is 0 Å². The number of rotatable bonds is 7. The Bertz CT molecular complexity index is 919. The number of nitrogens with zero attached hydrogens (tertiary/aromatic N) is 1. The minimum atomic E-state index is -3.75. The van der Waals surface area contributed by atoms with Gasteiger partial charge in [0.15, 0.2) is 0 Å². The molecule has 0 radical (unpaired) electrons. The third-order valence-electron chi connectivity index (χ3n) is 3.78. The summed E-state index contributed by atoms with van der Waals surface area (Å²) in [5.74, 6) is 0.750. The smallest absolute Gasteiger partial charge is 0.254 e. The van der Waals surface area contributed by atoms with Crippen molar-refractivity contribution in [1.82, 2.24) is 9.29 Å². The molecule has 0 atom stereocenters. The lowest BCUT2D eigenvalue weighted by Crippen LogP contribution is -2.31. The van der Waals surface area contributed by atoms with Gasteiger partial charge >= 0.3 is 0 Å². The SMILES string of the molecule is COc1cc(C)n(CCNS(=O)(=O)c2cc(C)ccc2OC)c(=O)c1. The molecule has 0 spiro atoms. The summed E-state index contributed by atoms with van der Waals surface area (Å²) in [5, 5.41) is 0. The molecule has 8 heteroatoms. The molecule has 1 aromatic carbocycles. The number of methoxy groups -OCH3 is 2. The van der Waals surface area contributed by atoms with Crippen LogP contribution in [0.5, 0.6) is 11.5 Å². The normalized spacial score (nSPS) is 11.4. The van der Waals surface area contributed by atoms with E-state index in [2.05, 4.69) is 4.72 Å². The maximum Gasteiger partial charge on any atom is 0.254 e. The number of hydrogen-bond donors (Lipinski definition) is 1. The van der Waals surface area contributed by atoms with Crippen LogP contribution in [0.4, 0.5) is 0 Å². The monoisotopic (exact) mass is 366 g/mol. The van der Waals surface area contributed by atoms with E-state index in [9.17, 15) is 13.2 Å². The highest BCUT2D eigenvalue weighted by Gasteiger charge is 2.19. The highest BCUT2D eigenvalue weighted by molar-refractivity contribution is 7.89. The lowest BCUT2D eigenvalue weighted by atomic mass is 10.2. The number of aromatic nitrogens is 1. The van der Waals surface area contributed by atoms with Gasteiger partial charge < -0.3 is 14.0 Å². The van der Waals surface area contributed by atoms with E-state index >= 15 is 0 Å². The van der Waals surface area contributed by atoms with Crippen LogP contribution in [-0.2, 0) is 16.6 Å². The van der Waals surface area contributed by atoms with E-state index in [1.54, 1.807) is 38.1 Å². The van der Waals surface area contributed by atoms with Gasteiger partial charge in [0.25, 0.3) is 5.56 Å². The van der Waals surface area contributed by atoms with Crippen molar-refractivity contribution in [2.75, 3.05) is 20.8 Å². The predicted octanol–water partition coefficient (Wildman–Crippen LogP) is 1.46. The average molecular weight is 366 g/mol. The first-order valence-corrected chi connectivity index (χ1v) is 9.16. The third-order valence-corrected chi connectivity index (χ3v) is 5.26. The van der Waals surface area contributed by atoms with Gasteiger partial charge in [-0.25, -0.2) is 13.1 Å². The van der Waals surface area contributed by atoms with Crippen molar-refractivity contribution in [3.8, 4) is 11.5 Å². The maximum atomic E-state index is 12.5. The molecule has 2 aromatic rings. The van der Waals surface area contributed by atoms with E-state index in [1.807, 2.05) is 0 Å². The summed E-state index contributed by atoms with van der Waals surface area (Å²) in [5.41, 5.74) is 1.25. The topological polar surface area (TPSA) is 86.6 Å². The van der Waals surface area contributed by atoms with Crippen molar-refractivity contribution < 1.29 is 17.9 Å². The zero-order valence-corrected chi connectivity index (χ0v) is 15.5. The van der Waals surface area contributed by atoms with Crippen LogP contribution in [0.25, 0.3) is 0 Å². The van der Waals surface area contributed by atoms with E-state index in [0.29, 0.717) is 11.4 Å². The molecule has 1 heterocycles. The highest BCUT2D eigenvalue weighted by atomic mass is 32.2. The van der Waals surface area contributed by atoms with Crippen LogP contribution in [0.2, 0.25) is 0 Å². The molecule has 0 saturated carbocycles. The van der Waals surface area contributed by atoms with Gasteiger partial charge in [-0.15, -0.1) is 0 Å². The quantitative estimate of drug-likeness (QED) is 0.802. The maximum absolute atomic E-state index is 12.5. The van der Waals surface area contributed by atoms with Gasteiger partial charge in [0, 0.05) is 24.8 Å². The van der Waals surface area contributed by atoms with Crippen molar-refractivity contribution in [1.29, 1.82) is 0 Å². The van der Waals surface area contributed by atoms with Crippen molar-refractivity contribution in [3.05, 3.63) is 51.9 Å². The summed E-state index contributed by atoms with van der Waals surface area (Å²) < 4.78 is 39.2. The number of aryl methyl sites for hydroxylation is 2. The third kappa shape index (κ3) is 4.40. The van der Waals surface area contributed by atoms with Crippen LogP contribution in [0.15, 0.2) is 40.0 Å². The van der Waals surface area contributed by atoms with Gasteiger partial charge in [0.05, 0.1) is 14.2 Å². The van der Waals surface area contributed by atoms with Crippen LogP contribution in [0, 0.1) is 13.8 Å². The summed E-state index contributed by atoms with van der Waals surface area (Å²) in [6.07, 6.45) is 0. The fraction of sp³-hybridized carbons (Fsp3) is 0.353. The second-order valence-corrected chi connectivity index (χ2v) is 7.31. The molecule has 1 aromatic heterocycles. The Kier molecular flexibility index (Phi) is 5.86. The number of nitrogens with one attached hydrogen (secondary N) is 1. The largest absolute Gasteiger partial charge is 0.496 e.